The summed E-state index contributed by atoms with van der Waals surface area (Å²) in [4.78, 5) is 9.93. The Labute approximate surface area is 59.4 Å². The first-order valence-electron chi connectivity index (χ1n) is 2.94. The predicted octanol–water partition coefficient (Wildman–Crippen LogP) is 1.97. The van der Waals surface area contributed by atoms with Gasteiger partial charge in [0.25, 0.3) is 0 Å². The summed E-state index contributed by atoms with van der Waals surface area (Å²) in [5.41, 5.74) is -0.414. The highest BCUT2D eigenvalue weighted by molar-refractivity contribution is 5.83. The molecule has 0 aliphatic heterocycles. The molecule has 0 spiro atoms. The summed E-state index contributed by atoms with van der Waals surface area (Å²) >= 11 is 0. The van der Waals surface area contributed by atoms with Crippen molar-refractivity contribution in [3.05, 3.63) is 11.9 Å². The zero-order chi connectivity index (χ0) is 8.36. The molecule has 0 amide bonds. The Hall–Kier alpha value is -0.860. The fraction of sp³-hybridized carbons (Fsp3) is 0.571. The van der Waals surface area contributed by atoms with Gasteiger partial charge in [-0.2, -0.15) is 4.39 Å². The lowest BCUT2D eigenvalue weighted by atomic mass is 9.96. The second-order valence-electron chi connectivity index (χ2n) is 3.16. The maximum Gasteiger partial charge on any atom is 0.364 e. The number of carboxylic acids is 1. The number of rotatable bonds is 1. The molecule has 0 aromatic rings. The number of hydrogen-bond donors (Lipinski definition) is 1. The van der Waals surface area contributed by atoms with Crippen LogP contribution in [0.2, 0.25) is 0 Å². The molecule has 0 unspecified atom stereocenters. The Bertz CT molecular complexity index is 165. The fourth-order valence-electron chi connectivity index (χ4n) is 0.442. The average molecular weight is 146 g/mol. The van der Waals surface area contributed by atoms with Crippen molar-refractivity contribution in [2.75, 3.05) is 0 Å². The summed E-state index contributed by atoms with van der Waals surface area (Å²) in [7, 11) is 0. The molecule has 10 heavy (non-hydrogen) atoms. The zero-order valence-electron chi connectivity index (χ0n) is 6.31. The molecular weight excluding hydrogens is 135 g/mol. The van der Waals surface area contributed by atoms with Crippen LogP contribution in [0.15, 0.2) is 11.9 Å². The first kappa shape index (κ1) is 9.14. The van der Waals surface area contributed by atoms with Gasteiger partial charge >= 0.3 is 5.97 Å². The molecule has 0 heterocycles. The van der Waals surface area contributed by atoms with Crippen LogP contribution in [0, 0.1) is 5.41 Å². The molecule has 0 bridgehead atoms. The SMILES string of the molecule is CC(C)(C)/C=C(\F)C(=O)O. The molecule has 0 aliphatic rings. The maximum atomic E-state index is 12.3. The van der Waals surface area contributed by atoms with E-state index >= 15 is 0 Å². The van der Waals surface area contributed by atoms with Crippen molar-refractivity contribution in [2.45, 2.75) is 20.8 Å². The smallest absolute Gasteiger partial charge is 0.364 e. The molecule has 0 fully saturated rings. The zero-order valence-corrected chi connectivity index (χ0v) is 6.31. The predicted molar refractivity (Wildman–Crippen MR) is 36.3 cm³/mol. The van der Waals surface area contributed by atoms with E-state index in [1.165, 1.54) is 0 Å². The van der Waals surface area contributed by atoms with Gasteiger partial charge in [-0.25, -0.2) is 4.79 Å². The van der Waals surface area contributed by atoms with Gasteiger partial charge in [-0.1, -0.05) is 20.8 Å². The third-order valence-corrected chi connectivity index (χ3v) is 0.764. The van der Waals surface area contributed by atoms with Crippen LogP contribution in [0.3, 0.4) is 0 Å². The van der Waals surface area contributed by atoms with E-state index in [9.17, 15) is 9.18 Å². The van der Waals surface area contributed by atoms with Gasteiger partial charge in [0.15, 0.2) is 0 Å². The second-order valence-corrected chi connectivity index (χ2v) is 3.16. The molecule has 0 radical (unpaired) electrons. The Kier molecular flexibility index (Phi) is 2.57. The van der Waals surface area contributed by atoms with E-state index in [4.69, 9.17) is 5.11 Å². The number of aliphatic carboxylic acids is 1. The van der Waals surface area contributed by atoms with Crippen molar-refractivity contribution in [1.82, 2.24) is 0 Å². The summed E-state index contributed by atoms with van der Waals surface area (Å²) < 4.78 is 12.3. The Morgan fingerprint density at radius 3 is 2.00 bits per heavy atom. The molecule has 3 heteroatoms. The van der Waals surface area contributed by atoms with Crippen LogP contribution in [0.4, 0.5) is 4.39 Å². The van der Waals surface area contributed by atoms with Gasteiger partial charge in [0, 0.05) is 0 Å². The monoisotopic (exact) mass is 146 g/mol. The molecular formula is C7H11FO2. The fourth-order valence-corrected chi connectivity index (χ4v) is 0.442. The van der Waals surface area contributed by atoms with Crippen molar-refractivity contribution in [3.63, 3.8) is 0 Å². The molecule has 0 atom stereocenters. The van der Waals surface area contributed by atoms with Gasteiger partial charge in [0.1, 0.15) is 0 Å². The maximum absolute atomic E-state index is 12.3. The van der Waals surface area contributed by atoms with Crippen molar-refractivity contribution in [2.24, 2.45) is 5.41 Å². The quantitative estimate of drug-likeness (QED) is 0.574. The summed E-state index contributed by atoms with van der Waals surface area (Å²) in [6.45, 7) is 5.20. The first-order chi connectivity index (χ1) is 4.33. The minimum atomic E-state index is -1.50. The summed E-state index contributed by atoms with van der Waals surface area (Å²) in [5.74, 6) is -2.59. The molecule has 0 aromatic carbocycles. The molecule has 0 rings (SSSR count). The van der Waals surface area contributed by atoms with Crippen molar-refractivity contribution >= 4 is 5.97 Å². The van der Waals surface area contributed by atoms with Crippen molar-refractivity contribution in [1.29, 1.82) is 0 Å². The van der Waals surface area contributed by atoms with Crippen molar-refractivity contribution < 1.29 is 14.3 Å². The lowest BCUT2D eigenvalue weighted by molar-refractivity contribution is -0.134. The highest BCUT2D eigenvalue weighted by Gasteiger charge is 2.12. The van der Waals surface area contributed by atoms with E-state index in [0.717, 1.165) is 6.08 Å². The lowest BCUT2D eigenvalue weighted by Crippen LogP contribution is -2.04. The van der Waals surface area contributed by atoms with E-state index < -0.39 is 17.2 Å². The van der Waals surface area contributed by atoms with Crippen LogP contribution in [0.1, 0.15) is 20.8 Å². The van der Waals surface area contributed by atoms with Gasteiger partial charge in [0.05, 0.1) is 0 Å². The number of allylic oxidation sites excluding steroid dienone is 1. The topological polar surface area (TPSA) is 37.3 Å². The third-order valence-electron chi connectivity index (χ3n) is 0.764. The molecule has 0 aromatic heterocycles. The minimum Gasteiger partial charge on any atom is -0.476 e. The van der Waals surface area contributed by atoms with Crippen LogP contribution in [-0.2, 0) is 4.79 Å². The van der Waals surface area contributed by atoms with Gasteiger partial charge < -0.3 is 5.11 Å². The second kappa shape index (κ2) is 2.82. The van der Waals surface area contributed by atoms with Crippen LogP contribution in [-0.4, -0.2) is 11.1 Å². The van der Waals surface area contributed by atoms with Gasteiger partial charge in [-0.15, -0.1) is 0 Å². The Morgan fingerprint density at radius 2 is 1.90 bits per heavy atom. The number of carboxylic acid groups (broad SMARTS) is 1. The van der Waals surface area contributed by atoms with E-state index in [0.29, 0.717) is 0 Å². The molecule has 0 saturated heterocycles. The number of carbonyl (C=O) groups is 1. The number of halogens is 1. The van der Waals surface area contributed by atoms with Gasteiger partial charge in [-0.3, -0.25) is 0 Å². The molecule has 2 nitrogen and oxygen atoms in total. The summed E-state index contributed by atoms with van der Waals surface area (Å²) in [6.07, 6.45) is 1.08. The standard InChI is InChI=1S/C7H11FO2/c1-7(2,3)4-5(8)6(9)10/h4H,1-3H3,(H,9,10)/b5-4-. The average Bonchev–Trinajstić information content (AvgIpc) is 1.60. The van der Waals surface area contributed by atoms with Crippen LogP contribution >= 0.6 is 0 Å². The largest absolute Gasteiger partial charge is 0.476 e. The number of hydrogen-bond acceptors (Lipinski definition) is 1. The molecule has 58 valence electrons. The van der Waals surface area contributed by atoms with Crippen LogP contribution < -0.4 is 0 Å². The molecule has 0 saturated carbocycles. The van der Waals surface area contributed by atoms with Gasteiger partial charge in [-0.05, 0) is 11.5 Å². The van der Waals surface area contributed by atoms with Crippen molar-refractivity contribution in [3.8, 4) is 0 Å². The molecule has 0 aliphatic carbocycles. The Morgan fingerprint density at radius 1 is 1.50 bits per heavy atom. The minimum absolute atomic E-state index is 0.414. The van der Waals surface area contributed by atoms with E-state index in [-0.39, 0.29) is 0 Å². The van der Waals surface area contributed by atoms with E-state index in [2.05, 4.69) is 0 Å². The normalized spacial score (nSPS) is 13.4. The van der Waals surface area contributed by atoms with Crippen LogP contribution in [0.5, 0.6) is 0 Å². The first-order valence-corrected chi connectivity index (χ1v) is 2.94. The summed E-state index contributed by atoms with van der Waals surface area (Å²) in [5, 5.41) is 8.10. The van der Waals surface area contributed by atoms with Gasteiger partial charge in [0.2, 0.25) is 5.83 Å². The van der Waals surface area contributed by atoms with Crippen LogP contribution in [0.25, 0.3) is 0 Å². The summed E-state index contributed by atoms with van der Waals surface area (Å²) in [6, 6.07) is 0. The van der Waals surface area contributed by atoms with E-state index in [1.807, 2.05) is 0 Å². The Balaban J connectivity index is 4.32. The highest BCUT2D eigenvalue weighted by Crippen LogP contribution is 2.17. The molecule has 1 N–H and O–H groups in total. The highest BCUT2D eigenvalue weighted by atomic mass is 19.1. The third kappa shape index (κ3) is 4.06. The van der Waals surface area contributed by atoms with E-state index in [1.54, 1.807) is 20.8 Å². The lowest BCUT2D eigenvalue weighted by Gasteiger charge is -2.10.